The summed E-state index contributed by atoms with van der Waals surface area (Å²) in [7, 11) is -2.67. The summed E-state index contributed by atoms with van der Waals surface area (Å²) >= 11 is 0. The van der Waals surface area contributed by atoms with Gasteiger partial charge >= 0.3 is 17.1 Å². The van der Waals surface area contributed by atoms with Crippen molar-refractivity contribution in [2.24, 2.45) is 0 Å². The monoisotopic (exact) mass is 518 g/mol. The molecule has 0 atom stereocenters. The summed E-state index contributed by atoms with van der Waals surface area (Å²) in [6.45, 7) is 3.06. The van der Waals surface area contributed by atoms with Crippen molar-refractivity contribution in [1.82, 2.24) is 9.34 Å². The number of hydrogen-bond donors (Lipinski definition) is 0. The zero-order chi connectivity index (χ0) is 24.4. The van der Waals surface area contributed by atoms with Crippen LogP contribution in [0, 0.1) is 0 Å². The average Bonchev–Trinajstić information content (AvgIpc) is 2.95. The molecule has 1 saturated heterocycles. The van der Waals surface area contributed by atoms with E-state index in [1.807, 2.05) is 121 Å². The summed E-state index contributed by atoms with van der Waals surface area (Å²) in [5, 5.41) is 0. The Balaban J connectivity index is 1.28. The van der Waals surface area contributed by atoms with E-state index < -0.39 is 17.1 Å². The van der Waals surface area contributed by atoms with Crippen LogP contribution in [0.2, 0.25) is 0 Å². The first-order chi connectivity index (χ1) is 17.8. The van der Waals surface area contributed by atoms with E-state index in [9.17, 15) is 0 Å². The van der Waals surface area contributed by atoms with Gasteiger partial charge in [-0.1, -0.05) is 72.8 Å². The minimum absolute atomic E-state index is 0.764. The number of piperazine rings is 1. The normalized spacial score (nSPS) is 14.5. The maximum absolute atomic E-state index is 6.34. The molecule has 1 aliphatic heterocycles. The van der Waals surface area contributed by atoms with Crippen molar-refractivity contribution in [2.45, 2.75) is 0 Å². The third-order valence-electron chi connectivity index (χ3n) is 5.40. The molecule has 0 radical (unpaired) electrons. The van der Waals surface area contributed by atoms with Crippen LogP contribution in [-0.2, 0) is 0 Å². The molecule has 36 heavy (non-hydrogen) atoms. The standard InChI is InChI=1S/C28H28N2O4P2/c1-5-13-25(14-6-1)31-35(32-26-15-7-2-8-16-26)29-21-23-30(24-22-29)36(33-27-17-9-3-10-18-27)34-28-19-11-4-12-20-28/h1-20H,21-24H2. The second-order valence-electron chi connectivity index (χ2n) is 8.00. The molecule has 4 aromatic carbocycles. The molecule has 0 aromatic heterocycles. The Bertz CT molecular complexity index is 987. The van der Waals surface area contributed by atoms with Crippen LogP contribution in [0.1, 0.15) is 0 Å². The molecule has 0 bridgehead atoms. The Labute approximate surface area is 214 Å². The second kappa shape index (κ2) is 12.7. The lowest BCUT2D eigenvalue weighted by Gasteiger charge is -2.38. The molecular weight excluding hydrogens is 490 g/mol. The van der Waals surface area contributed by atoms with Gasteiger partial charge in [-0.25, -0.2) is 9.34 Å². The molecule has 0 saturated carbocycles. The predicted molar refractivity (Wildman–Crippen MR) is 145 cm³/mol. The Kier molecular flexibility index (Phi) is 8.67. The number of benzene rings is 4. The highest BCUT2D eigenvalue weighted by molar-refractivity contribution is 7.46. The lowest BCUT2D eigenvalue weighted by molar-refractivity contribution is 0.237. The van der Waals surface area contributed by atoms with Crippen molar-refractivity contribution in [2.75, 3.05) is 26.2 Å². The van der Waals surface area contributed by atoms with Gasteiger partial charge in [0.2, 0.25) is 0 Å². The van der Waals surface area contributed by atoms with Crippen LogP contribution in [0.3, 0.4) is 0 Å². The van der Waals surface area contributed by atoms with E-state index in [1.54, 1.807) is 0 Å². The predicted octanol–water partition coefficient (Wildman–Crippen LogP) is 7.37. The molecule has 0 spiro atoms. The quantitative estimate of drug-likeness (QED) is 0.204. The van der Waals surface area contributed by atoms with E-state index in [4.69, 9.17) is 18.1 Å². The lowest BCUT2D eigenvalue weighted by Crippen LogP contribution is -2.43. The van der Waals surface area contributed by atoms with E-state index in [1.165, 1.54) is 0 Å². The van der Waals surface area contributed by atoms with Crippen molar-refractivity contribution < 1.29 is 18.1 Å². The Morgan fingerprint density at radius 1 is 0.361 bits per heavy atom. The fourth-order valence-corrected chi connectivity index (χ4v) is 6.32. The summed E-state index contributed by atoms with van der Waals surface area (Å²) in [4.78, 5) is 0. The smallest absolute Gasteiger partial charge is 0.384 e. The molecule has 5 rings (SSSR count). The zero-order valence-electron chi connectivity index (χ0n) is 19.8. The summed E-state index contributed by atoms with van der Waals surface area (Å²) in [5.74, 6) is 3.18. The fourth-order valence-electron chi connectivity index (χ4n) is 3.57. The summed E-state index contributed by atoms with van der Waals surface area (Å²) in [6.07, 6.45) is 0. The van der Waals surface area contributed by atoms with Gasteiger partial charge in [0.15, 0.2) is 0 Å². The van der Waals surface area contributed by atoms with Gasteiger partial charge in [-0.05, 0) is 48.5 Å². The third kappa shape index (κ3) is 6.96. The van der Waals surface area contributed by atoms with Crippen LogP contribution in [-0.4, -0.2) is 35.5 Å². The van der Waals surface area contributed by atoms with Crippen LogP contribution in [0.15, 0.2) is 121 Å². The van der Waals surface area contributed by atoms with E-state index in [0.717, 1.165) is 49.2 Å². The van der Waals surface area contributed by atoms with Crippen LogP contribution in [0.25, 0.3) is 0 Å². The second-order valence-corrected chi connectivity index (χ2v) is 10.8. The van der Waals surface area contributed by atoms with Crippen LogP contribution in [0.4, 0.5) is 0 Å². The van der Waals surface area contributed by atoms with Crippen molar-refractivity contribution in [3.63, 3.8) is 0 Å². The molecule has 1 heterocycles. The van der Waals surface area contributed by atoms with E-state index >= 15 is 0 Å². The van der Waals surface area contributed by atoms with Crippen molar-refractivity contribution in [3.05, 3.63) is 121 Å². The number of nitrogens with zero attached hydrogens (tertiary/aromatic N) is 2. The highest BCUT2D eigenvalue weighted by Gasteiger charge is 2.34. The molecule has 0 amide bonds. The SMILES string of the molecule is c1ccc(OP(Oc2ccccc2)N2CCN(P(Oc3ccccc3)Oc3ccccc3)CC2)cc1. The summed E-state index contributed by atoms with van der Waals surface area (Å²) in [5.41, 5.74) is 0. The zero-order valence-corrected chi connectivity index (χ0v) is 21.6. The molecule has 0 aliphatic carbocycles. The van der Waals surface area contributed by atoms with Gasteiger partial charge in [0.1, 0.15) is 23.0 Å². The highest BCUT2D eigenvalue weighted by atomic mass is 31.2. The average molecular weight is 518 g/mol. The third-order valence-corrected chi connectivity index (χ3v) is 8.59. The molecule has 184 valence electrons. The molecule has 4 aromatic rings. The molecule has 1 aliphatic rings. The lowest BCUT2D eigenvalue weighted by atomic mass is 10.3. The van der Waals surface area contributed by atoms with Gasteiger partial charge < -0.3 is 18.1 Å². The van der Waals surface area contributed by atoms with Crippen molar-refractivity contribution in [3.8, 4) is 23.0 Å². The minimum atomic E-state index is -1.33. The molecule has 8 heteroatoms. The molecule has 6 nitrogen and oxygen atoms in total. The van der Waals surface area contributed by atoms with Crippen molar-refractivity contribution in [1.29, 1.82) is 0 Å². The van der Waals surface area contributed by atoms with Gasteiger partial charge in [-0.2, -0.15) is 0 Å². The first-order valence-electron chi connectivity index (χ1n) is 11.9. The number of hydrogen-bond acceptors (Lipinski definition) is 6. The maximum Gasteiger partial charge on any atom is 0.384 e. The summed E-state index contributed by atoms with van der Waals surface area (Å²) < 4.78 is 29.9. The van der Waals surface area contributed by atoms with E-state index in [0.29, 0.717) is 0 Å². The molecule has 1 fully saturated rings. The van der Waals surface area contributed by atoms with Gasteiger partial charge in [-0.3, -0.25) is 0 Å². The Morgan fingerprint density at radius 3 is 0.806 bits per heavy atom. The van der Waals surface area contributed by atoms with Crippen molar-refractivity contribution >= 4 is 17.1 Å². The van der Waals surface area contributed by atoms with E-state index in [-0.39, 0.29) is 0 Å². The Hall–Kier alpha value is -3.14. The molecular formula is C28H28N2O4P2. The number of para-hydroxylation sites is 4. The van der Waals surface area contributed by atoms with Crippen LogP contribution in [0.5, 0.6) is 23.0 Å². The highest BCUT2D eigenvalue weighted by Crippen LogP contribution is 2.48. The summed E-state index contributed by atoms with van der Waals surface area (Å²) in [6, 6.07) is 39.4. The topological polar surface area (TPSA) is 43.4 Å². The van der Waals surface area contributed by atoms with Crippen LogP contribution >= 0.6 is 17.1 Å². The van der Waals surface area contributed by atoms with Gasteiger partial charge in [0.05, 0.1) is 0 Å². The van der Waals surface area contributed by atoms with Gasteiger partial charge in [-0.15, -0.1) is 0 Å². The first kappa shape index (κ1) is 24.5. The van der Waals surface area contributed by atoms with E-state index in [2.05, 4.69) is 9.34 Å². The van der Waals surface area contributed by atoms with Crippen LogP contribution < -0.4 is 18.1 Å². The molecule has 0 unspecified atom stereocenters. The first-order valence-corrected chi connectivity index (χ1v) is 14.1. The fraction of sp³-hybridized carbons (Fsp3) is 0.143. The maximum atomic E-state index is 6.34. The van der Waals surface area contributed by atoms with Gasteiger partial charge in [0.25, 0.3) is 0 Å². The Morgan fingerprint density at radius 2 is 0.583 bits per heavy atom. The largest absolute Gasteiger partial charge is 0.427 e. The molecule has 0 N–H and O–H groups in total. The number of rotatable bonds is 10. The minimum Gasteiger partial charge on any atom is -0.427 e. The van der Waals surface area contributed by atoms with Gasteiger partial charge in [0, 0.05) is 26.2 Å².